The van der Waals surface area contributed by atoms with Crippen LogP contribution in [0.5, 0.6) is 0 Å². The fourth-order valence-corrected chi connectivity index (χ4v) is 3.23. The van der Waals surface area contributed by atoms with Crippen molar-refractivity contribution in [2.75, 3.05) is 0 Å². The Bertz CT molecular complexity index is 367. The molecule has 2 rings (SSSR count). The topological polar surface area (TPSA) is 12.0 Å². The Kier molecular flexibility index (Phi) is 5.38. The molecule has 0 bridgehead atoms. The Morgan fingerprint density at radius 2 is 1.79 bits per heavy atom. The van der Waals surface area contributed by atoms with Gasteiger partial charge >= 0.3 is 0 Å². The molecule has 0 aromatic heterocycles. The highest BCUT2D eigenvalue weighted by Gasteiger charge is 2.22. The fraction of sp³-hybridized carbons (Fsp3) is 0.647. The summed E-state index contributed by atoms with van der Waals surface area (Å²) >= 11 is 0. The van der Waals surface area contributed by atoms with E-state index in [1.807, 2.05) is 12.1 Å². The quantitative estimate of drug-likeness (QED) is 0.802. The van der Waals surface area contributed by atoms with E-state index < -0.39 is 0 Å². The number of halogens is 1. The average Bonchev–Trinajstić information content (AvgIpc) is 2.46. The van der Waals surface area contributed by atoms with Crippen LogP contribution < -0.4 is 5.32 Å². The highest BCUT2D eigenvalue weighted by molar-refractivity contribution is 5.20. The van der Waals surface area contributed by atoms with Gasteiger partial charge in [0.15, 0.2) is 0 Å². The van der Waals surface area contributed by atoms with Crippen LogP contribution in [0.2, 0.25) is 0 Å². The van der Waals surface area contributed by atoms with Crippen LogP contribution >= 0.6 is 0 Å². The maximum Gasteiger partial charge on any atom is 0.123 e. The normalized spacial score (nSPS) is 20.2. The van der Waals surface area contributed by atoms with Gasteiger partial charge in [0.25, 0.3) is 0 Å². The van der Waals surface area contributed by atoms with Crippen molar-refractivity contribution >= 4 is 0 Å². The first-order chi connectivity index (χ1) is 9.20. The molecule has 0 heterocycles. The molecule has 1 aromatic rings. The second-order valence-electron chi connectivity index (χ2n) is 5.87. The fourth-order valence-electron chi connectivity index (χ4n) is 3.23. The summed E-state index contributed by atoms with van der Waals surface area (Å²) in [5.74, 6) is 0.655. The van der Waals surface area contributed by atoms with Crippen molar-refractivity contribution in [3.05, 3.63) is 35.6 Å². The van der Waals surface area contributed by atoms with Gasteiger partial charge in [-0.15, -0.1) is 0 Å². The number of hydrogen-bond donors (Lipinski definition) is 1. The SMILES string of the molecule is CCC(N[C@H](C)C1CCCCC1)c1ccc(F)cc1. The van der Waals surface area contributed by atoms with E-state index in [-0.39, 0.29) is 5.82 Å². The third-order valence-electron chi connectivity index (χ3n) is 4.50. The predicted molar refractivity (Wildman–Crippen MR) is 78.6 cm³/mol. The molecule has 0 saturated heterocycles. The van der Waals surface area contributed by atoms with E-state index in [4.69, 9.17) is 0 Å². The monoisotopic (exact) mass is 263 g/mol. The summed E-state index contributed by atoms with van der Waals surface area (Å²) in [6, 6.07) is 7.83. The Labute approximate surface area is 116 Å². The summed E-state index contributed by atoms with van der Waals surface area (Å²) < 4.78 is 13.0. The van der Waals surface area contributed by atoms with Crippen LogP contribution in [0.4, 0.5) is 4.39 Å². The number of hydrogen-bond acceptors (Lipinski definition) is 1. The summed E-state index contributed by atoms with van der Waals surface area (Å²) in [7, 11) is 0. The molecule has 19 heavy (non-hydrogen) atoms. The second-order valence-corrected chi connectivity index (χ2v) is 5.87. The van der Waals surface area contributed by atoms with E-state index in [0.29, 0.717) is 12.1 Å². The van der Waals surface area contributed by atoms with Crippen molar-refractivity contribution in [2.45, 2.75) is 64.5 Å². The van der Waals surface area contributed by atoms with Gasteiger partial charge in [0.1, 0.15) is 5.82 Å². The van der Waals surface area contributed by atoms with Gasteiger partial charge in [0.05, 0.1) is 0 Å². The molecular formula is C17H26FN. The summed E-state index contributed by atoms with van der Waals surface area (Å²) in [5.41, 5.74) is 1.20. The molecule has 2 heteroatoms. The third kappa shape index (κ3) is 4.04. The molecule has 1 nitrogen and oxygen atoms in total. The number of benzene rings is 1. The number of nitrogens with one attached hydrogen (secondary N) is 1. The van der Waals surface area contributed by atoms with Crippen LogP contribution in [0.3, 0.4) is 0 Å². The Balaban J connectivity index is 1.96. The van der Waals surface area contributed by atoms with Crippen LogP contribution in [0.1, 0.15) is 64.0 Å². The molecule has 1 aromatic carbocycles. The van der Waals surface area contributed by atoms with Gasteiger partial charge in [0.2, 0.25) is 0 Å². The number of rotatable bonds is 5. The lowest BCUT2D eigenvalue weighted by molar-refractivity contribution is 0.262. The molecular weight excluding hydrogens is 237 g/mol. The van der Waals surface area contributed by atoms with Crippen LogP contribution in [-0.2, 0) is 0 Å². The average molecular weight is 263 g/mol. The van der Waals surface area contributed by atoms with Gasteiger partial charge in [-0.2, -0.15) is 0 Å². The van der Waals surface area contributed by atoms with E-state index >= 15 is 0 Å². The maximum atomic E-state index is 13.0. The molecule has 1 N–H and O–H groups in total. The summed E-state index contributed by atoms with van der Waals surface area (Å²) in [4.78, 5) is 0. The first-order valence-corrected chi connectivity index (χ1v) is 7.72. The molecule has 106 valence electrons. The lowest BCUT2D eigenvalue weighted by atomic mass is 9.84. The lowest BCUT2D eigenvalue weighted by Gasteiger charge is -2.31. The minimum atomic E-state index is -0.154. The molecule has 1 fully saturated rings. The molecule has 0 aliphatic heterocycles. The zero-order valence-corrected chi connectivity index (χ0v) is 12.2. The van der Waals surface area contributed by atoms with Gasteiger partial charge in [-0.3, -0.25) is 0 Å². The molecule has 2 atom stereocenters. The predicted octanol–water partition coefficient (Wildman–Crippen LogP) is 4.84. The smallest absolute Gasteiger partial charge is 0.123 e. The molecule has 0 radical (unpaired) electrons. The van der Waals surface area contributed by atoms with Crippen molar-refractivity contribution in [3.8, 4) is 0 Å². The van der Waals surface area contributed by atoms with Gasteiger partial charge in [-0.05, 0) is 49.8 Å². The van der Waals surface area contributed by atoms with E-state index in [9.17, 15) is 4.39 Å². The molecule has 0 amide bonds. The third-order valence-corrected chi connectivity index (χ3v) is 4.50. The lowest BCUT2D eigenvalue weighted by Crippen LogP contribution is -2.37. The zero-order valence-electron chi connectivity index (χ0n) is 12.2. The highest BCUT2D eigenvalue weighted by atomic mass is 19.1. The van der Waals surface area contributed by atoms with Crippen molar-refractivity contribution < 1.29 is 4.39 Å². The summed E-state index contributed by atoms with van der Waals surface area (Å²) in [5, 5.41) is 3.75. The van der Waals surface area contributed by atoms with Gasteiger partial charge in [-0.25, -0.2) is 4.39 Å². The van der Waals surface area contributed by atoms with E-state index in [1.54, 1.807) is 12.1 Å². The summed E-state index contributed by atoms with van der Waals surface area (Å²) in [6.45, 7) is 4.50. The van der Waals surface area contributed by atoms with E-state index in [2.05, 4.69) is 19.2 Å². The van der Waals surface area contributed by atoms with Crippen LogP contribution in [0.15, 0.2) is 24.3 Å². The molecule has 1 unspecified atom stereocenters. The van der Waals surface area contributed by atoms with Crippen molar-refractivity contribution in [1.82, 2.24) is 5.32 Å². The van der Waals surface area contributed by atoms with Gasteiger partial charge < -0.3 is 5.32 Å². The Morgan fingerprint density at radius 1 is 1.16 bits per heavy atom. The van der Waals surface area contributed by atoms with Crippen molar-refractivity contribution in [3.63, 3.8) is 0 Å². The van der Waals surface area contributed by atoms with Crippen molar-refractivity contribution in [1.29, 1.82) is 0 Å². The van der Waals surface area contributed by atoms with E-state index in [0.717, 1.165) is 12.3 Å². The molecule has 1 aliphatic rings. The maximum absolute atomic E-state index is 13.0. The zero-order chi connectivity index (χ0) is 13.7. The minimum absolute atomic E-state index is 0.154. The van der Waals surface area contributed by atoms with Gasteiger partial charge in [-0.1, -0.05) is 38.3 Å². The molecule has 1 aliphatic carbocycles. The van der Waals surface area contributed by atoms with Crippen LogP contribution in [0, 0.1) is 11.7 Å². The summed E-state index contributed by atoms with van der Waals surface area (Å²) in [6.07, 6.45) is 7.91. The standard InChI is InChI=1S/C17H26FN/c1-3-17(15-9-11-16(18)12-10-15)19-13(2)14-7-5-4-6-8-14/h9-14,17,19H,3-8H2,1-2H3/t13-,17?/m1/s1. The minimum Gasteiger partial charge on any atom is -0.307 e. The highest BCUT2D eigenvalue weighted by Crippen LogP contribution is 2.28. The Morgan fingerprint density at radius 3 is 2.37 bits per heavy atom. The largest absolute Gasteiger partial charge is 0.307 e. The van der Waals surface area contributed by atoms with Crippen LogP contribution in [-0.4, -0.2) is 6.04 Å². The molecule has 1 saturated carbocycles. The van der Waals surface area contributed by atoms with Gasteiger partial charge in [0, 0.05) is 12.1 Å². The first kappa shape index (κ1) is 14.5. The molecule has 0 spiro atoms. The van der Waals surface area contributed by atoms with Crippen molar-refractivity contribution in [2.24, 2.45) is 5.92 Å². The Hall–Kier alpha value is -0.890. The first-order valence-electron chi connectivity index (χ1n) is 7.72. The van der Waals surface area contributed by atoms with Crippen LogP contribution in [0.25, 0.3) is 0 Å². The van der Waals surface area contributed by atoms with E-state index in [1.165, 1.54) is 37.7 Å². The second kappa shape index (κ2) is 7.04.